The monoisotopic (exact) mass is 456 g/mol. The van der Waals surface area contributed by atoms with E-state index in [0.29, 0.717) is 54.1 Å². The number of carbonyl (C=O) groups is 1. The molecule has 168 valence electrons. The summed E-state index contributed by atoms with van der Waals surface area (Å²) in [6.07, 6.45) is 0. The molecule has 0 spiro atoms. The van der Waals surface area contributed by atoms with Gasteiger partial charge in [-0.05, 0) is 49.5 Å². The van der Waals surface area contributed by atoms with Crippen molar-refractivity contribution < 1.29 is 18.7 Å². The molecule has 7 nitrogen and oxygen atoms in total. The van der Waals surface area contributed by atoms with Crippen molar-refractivity contribution in [3.8, 4) is 5.75 Å². The summed E-state index contributed by atoms with van der Waals surface area (Å²) in [6, 6.07) is 12.3. The molecule has 1 aliphatic rings. The molecule has 2 heterocycles. The second-order valence-electron chi connectivity index (χ2n) is 7.36. The van der Waals surface area contributed by atoms with E-state index in [9.17, 15) is 9.18 Å². The summed E-state index contributed by atoms with van der Waals surface area (Å²) in [5, 5.41) is 4.51. The zero-order valence-electron chi connectivity index (χ0n) is 18.0. The van der Waals surface area contributed by atoms with Gasteiger partial charge >= 0.3 is 5.97 Å². The van der Waals surface area contributed by atoms with Gasteiger partial charge < -0.3 is 29.6 Å². The molecule has 3 aromatic rings. The zero-order chi connectivity index (χ0) is 22.7. The Morgan fingerprint density at radius 3 is 2.62 bits per heavy atom. The van der Waals surface area contributed by atoms with Gasteiger partial charge in [0.05, 0.1) is 25.1 Å². The van der Waals surface area contributed by atoms with E-state index >= 15 is 0 Å². The van der Waals surface area contributed by atoms with Gasteiger partial charge in [0.25, 0.3) is 0 Å². The van der Waals surface area contributed by atoms with Gasteiger partial charge in [-0.1, -0.05) is 12.1 Å². The molecule has 1 aromatic heterocycles. The van der Waals surface area contributed by atoms with Crippen molar-refractivity contribution >= 4 is 45.6 Å². The number of para-hydroxylation sites is 1. The van der Waals surface area contributed by atoms with Crippen LogP contribution in [0.5, 0.6) is 5.75 Å². The fourth-order valence-electron chi connectivity index (χ4n) is 3.83. The van der Waals surface area contributed by atoms with Gasteiger partial charge in [-0.25, -0.2) is 9.18 Å². The van der Waals surface area contributed by atoms with Crippen LogP contribution in [0.15, 0.2) is 42.5 Å². The molecular formula is C23H25FN4O3S. The van der Waals surface area contributed by atoms with Gasteiger partial charge in [0, 0.05) is 37.1 Å². The number of nitrogens with one attached hydrogen (secondary N) is 2. The summed E-state index contributed by atoms with van der Waals surface area (Å²) in [6.45, 7) is 4.54. The first-order valence-corrected chi connectivity index (χ1v) is 10.8. The fourth-order valence-corrected chi connectivity index (χ4v) is 4.11. The van der Waals surface area contributed by atoms with Gasteiger partial charge in [0.15, 0.2) is 5.11 Å². The number of nitrogens with zero attached hydrogens (tertiary/aromatic N) is 2. The van der Waals surface area contributed by atoms with E-state index in [1.807, 2.05) is 34.1 Å². The molecule has 1 aliphatic heterocycles. The van der Waals surface area contributed by atoms with Crippen molar-refractivity contribution in [1.82, 2.24) is 9.88 Å². The molecule has 0 radical (unpaired) electrons. The Bertz CT molecular complexity index is 1140. The molecule has 9 heteroatoms. The Balaban J connectivity index is 1.54. The Labute approximate surface area is 191 Å². The molecule has 0 atom stereocenters. The molecule has 0 bridgehead atoms. The number of H-pyrrole nitrogens is 1. The van der Waals surface area contributed by atoms with Crippen LogP contribution in [0.1, 0.15) is 17.4 Å². The summed E-state index contributed by atoms with van der Waals surface area (Å²) >= 11 is 5.66. The van der Waals surface area contributed by atoms with Crippen molar-refractivity contribution in [2.75, 3.05) is 50.1 Å². The van der Waals surface area contributed by atoms with Gasteiger partial charge in [0.2, 0.25) is 0 Å². The minimum Gasteiger partial charge on any atom is -0.497 e. The van der Waals surface area contributed by atoms with Crippen molar-refractivity contribution in [2.45, 2.75) is 6.92 Å². The third-order valence-electron chi connectivity index (χ3n) is 5.48. The van der Waals surface area contributed by atoms with Crippen LogP contribution < -0.4 is 15.0 Å². The second-order valence-corrected chi connectivity index (χ2v) is 7.75. The van der Waals surface area contributed by atoms with E-state index in [-0.39, 0.29) is 12.4 Å². The Kier molecular flexibility index (Phi) is 6.45. The molecule has 4 rings (SSSR count). The number of piperazine rings is 1. The third-order valence-corrected chi connectivity index (χ3v) is 5.84. The first-order chi connectivity index (χ1) is 15.5. The first-order valence-electron chi connectivity index (χ1n) is 10.4. The summed E-state index contributed by atoms with van der Waals surface area (Å²) < 4.78 is 24.7. The number of rotatable bonds is 5. The lowest BCUT2D eigenvalue weighted by atomic mass is 10.2. The van der Waals surface area contributed by atoms with Gasteiger partial charge in [-0.15, -0.1) is 0 Å². The van der Waals surface area contributed by atoms with Crippen LogP contribution in [0.25, 0.3) is 10.9 Å². The van der Waals surface area contributed by atoms with E-state index in [1.54, 1.807) is 26.2 Å². The molecule has 32 heavy (non-hydrogen) atoms. The molecule has 2 aromatic carbocycles. The summed E-state index contributed by atoms with van der Waals surface area (Å²) in [7, 11) is 1.59. The maximum atomic E-state index is 14.1. The predicted octanol–water partition coefficient (Wildman–Crippen LogP) is 4.01. The summed E-state index contributed by atoms with van der Waals surface area (Å²) in [5.41, 5.74) is 2.23. The van der Waals surface area contributed by atoms with Crippen LogP contribution in [0.2, 0.25) is 0 Å². The molecule has 0 aliphatic carbocycles. The molecule has 2 N–H and O–H groups in total. The zero-order valence-corrected chi connectivity index (χ0v) is 18.8. The molecule has 0 unspecified atom stereocenters. The number of carbonyl (C=O) groups excluding carboxylic acids is 1. The third kappa shape index (κ3) is 4.34. The van der Waals surface area contributed by atoms with Crippen molar-refractivity contribution in [1.29, 1.82) is 0 Å². The average Bonchev–Trinajstić information content (AvgIpc) is 3.17. The first kappa shape index (κ1) is 21.9. The Morgan fingerprint density at radius 1 is 1.19 bits per heavy atom. The average molecular weight is 457 g/mol. The number of hydrogen-bond donors (Lipinski definition) is 2. The molecule has 0 amide bonds. The van der Waals surface area contributed by atoms with E-state index < -0.39 is 5.97 Å². The normalized spacial score (nSPS) is 13.8. The van der Waals surface area contributed by atoms with Crippen molar-refractivity contribution in [2.24, 2.45) is 0 Å². The highest BCUT2D eigenvalue weighted by Gasteiger charge is 2.24. The lowest BCUT2D eigenvalue weighted by Crippen LogP contribution is -2.50. The lowest BCUT2D eigenvalue weighted by molar-refractivity contribution is 0.0522. The number of thiocarbonyl (C=S) groups is 1. The van der Waals surface area contributed by atoms with Gasteiger partial charge in [0.1, 0.15) is 17.3 Å². The number of hydrogen-bond acceptors (Lipinski definition) is 5. The molecule has 1 saturated heterocycles. The number of methoxy groups -OCH3 is 1. The van der Waals surface area contributed by atoms with Crippen LogP contribution in [-0.2, 0) is 4.74 Å². The van der Waals surface area contributed by atoms with Crippen LogP contribution in [0.3, 0.4) is 0 Å². The van der Waals surface area contributed by atoms with E-state index in [0.717, 1.165) is 10.9 Å². The van der Waals surface area contributed by atoms with Crippen molar-refractivity contribution in [3.05, 3.63) is 54.0 Å². The van der Waals surface area contributed by atoms with E-state index in [4.69, 9.17) is 21.7 Å². The molecule has 0 saturated carbocycles. The number of anilines is 2. The maximum absolute atomic E-state index is 14.1. The molecular weight excluding hydrogens is 431 g/mol. The van der Waals surface area contributed by atoms with E-state index in [2.05, 4.69) is 10.3 Å². The SMILES string of the molecule is CCOC(=O)c1[nH]c2ccc(OC)cc2c1NC(=S)N1CCN(c2ccccc2F)CC1. The lowest BCUT2D eigenvalue weighted by Gasteiger charge is -2.37. The highest BCUT2D eigenvalue weighted by Crippen LogP contribution is 2.32. The quantitative estimate of drug-likeness (QED) is 0.444. The number of aromatic amines is 1. The van der Waals surface area contributed by atoms with Crippen LogP contribution in [0.4, 0.5) is 15.8 Å². The van der Waals surface area contributed by atoms with Crippen molar-refractivity contribution in [3.63, 3.8) is 0 Å². The highest BCUT2D eigenvalue weighted by atomic mass is 32.1. The summed E-state index contributed by atoms with van der Waals surface area (Å²) in [5.74, 6) is -0.0230. The van der Waals surface area contributed by atoms with Crippen LogP contribution >= 0.6 is 12.2 Å². The number of halogens is 1. The van der Waals surface area contributed by atoms with Crippen LogP contribution in [0, 0.1) is 5.82 Å². The van der Waals surface area contributed by atoms with Crippen LogP contribution in [-0.4, -0.2) is 60.9 Å². The minimum absolute atomic E-state index is 0.228. The smallest absolute Gasteiger partial charge is 0.356 e. The largest absolute Gasteiger partial charge is 0.497 e. The number of esters is 1. The number of fused-ring (bicyclic) bond motifs is 1. The highest BCUT2D eigenvalue weighted by molar-refractivity contribution is 7.80. The minimum atomic E-state index is -0.461. The fraction of sp³-hybridized carbons (Fsp3) is 0.304. The Hall–Kier alpha value is -3.33. The Morgan fingerprint density at radius 2 is 1.94 bits per heavy atom. The second kappa shape index (κ2) is 9.44. The topological polar surface area (TPSA) is 69.8 Å². The number of ether oxygens (including phenoxy) is 2. The maximum Gasteiger partial charge on any atom is 0.356 e. The standard InChI is InChI=1S/C23H25FN4O3S/c1-3-31-22(29)21-20(16-14-15(30-2)8-9-18(16)25-21)26-23(32)28-12-10-27(11-13-28)19-7-5-4-6-17(19)24/h4-9,14,25H,3,10-13H2,1-2H3,(H,26,32). The van der Waals surface area contributed by atoms with E-state index in [1.165, 1.54) is 6.07 Å². The molecule has 1 fully saturated rings. The number of benzene rings is 2. The van der Waals surface area contributed by atoms with Gasteiger partial charge in [-0.2, -0.15) is 0 Å². The summed E-state index contributed by atoms with van der Waals surface area (Å²) in [4.78, 5) is 19.7. The number of aromatic nitrogens is 1. The predicted molar refractivity (Wildman–Crippen MR) is 127 cm³/mol. The van der Waals surface area contributed by atoms with Gasteiger partial charge in [-0.3, -0.25) is 0 Å².